The molecule has 0 spiro atoms. The van der Waals surface area contributed by atoms with Gasteiger partial charge in [-0.3, -0.25) is 9.59 Å². The van der Waals surface area contributed by atoms with Gasteiger partial charge in [0.05, 0.1) is 28.3 Å². The van der Waals surface area contributed by atoms with Crippen molar-refractivity contribution in [2.75, 3.05) is 11.1 Å². The molecule has 2 aliphatic rings. The molecule has 0 fully saturated rings. The highest BCUT2D eigenvalue weighted by Crippen LogP contribution is 2.47. The molecule has 7 heteroatoms. The van der Waals surface area contributed by atoms with Crippen LogP contribution >= 0.6 is 23.4 Å². The fraction of sp³-hybridized carbons (Fsp3) is 0.321. The molecular formula is C28H28ClN3O2S. The monoisotopic (exact) mass is 505 g/mol. The van der Waals surface area contributed by atoms with Crippen LogP contribution in [0.4, 0.5) is 5.69 Å². The lowest BCUT2D eigenvalue weighted by Gasteiger charge is -2.39. The number of thioether (sulfide) groups is 1. The summed E-state index contributed by atoms with van der Waals surface area (Å²) in [5.41, 5.74) is 5.42. The van der Waals surface area contributed by atoms with E-state index in [4.69, 9.17) is 11.6 Å². The van der Waals surface area contributed by atoms with E-state index in [0.29, 0.717) is 34.0 Å². The highest BCUT2D eigenvalue weighted by Gasteiger charge is 2.41. The highest BCUT2D eigenvalue weighted by molar-refractivity contribution is 8.03. The van der Waals surface area contributed by atoms with Crippen molar-refractivity contribution in [1.82, 2.24) is 5.32 Å². The number of hydrogen-bond donors (Lipinski definition) is 2. The normalized spacial score (nSPS) is 19.1. The summed E-state index contributed by atoms with van der Waals surface area (Å²) in [4.78, 5) is 26.1. The number of anilines is 1. The molecule has 2 N–H and O–H groups in total. The second kappa shape index (κ2) is 9.93. The molecule has 0 saturated carbocycles. The molecular weight excluding hydrogens is 478 g/mol. The van der Waals surface area contributed by atoms with Crippen molar-refractivity contribution in [1.29, 1.82) is 5.26 Å². The topological polar surface area (TPSA) is 82.0 Å². The number of amides is 1. The number of nitrogens with zero attached hydrogens (tertiary/aromatic N) is 1. The molecule has 1 amide bonds. The Balaban J connectivity index is 1.65. The average Bonchev–Trinajstić information content (AvgIpc) is 2.79. The van der Waals surface area contributed by atoms with Gasteiger partial charge in [0.1, 0.15) is 0 Å². The van der Waals surface area contributed by atoms with E-state index in [-0.39, 0.29) is 22.9 Å². The van der Waals surface area contributed by atoms with Crippen LogP contribution in [0.25, 0.3) is 0 Å². The Labute approximate surface area is 215 Å². The summed E-state index contributed by atoms with van der Waals surface area (Å²) in [5, 5.41) is 17.7. The number of carbonyl (C=O) groups is 2. The van der Waals surface area contributed by atoms with E-state index in [1.54, 1.807) is 12.1 Å². The largest absolute Gasteiger partial charge is 0.352 e. The maximum atomic E-state index is 13.3. The molecule has 1 heterocycles. The van der Waals surface area contributed by atoms with Crippen LogP contribution in [0.3, 0.4) is 0 Å². The quantitative estimate of drug-likeness (QED) is 0.491. The fourth-order valence-corrected chi connectivity index (χ4v) is 5.66. The highest BCUT2D eigenvalue weighted by atomic mass is 35.5. The van der Waals surface area contributed by atoms with Crippen LogP contribution in [0.15, 0.2) is 64.3 Å². The van der Waals surface area contributed by atoms with Gasteiger partial charge in [-0.2, -0.15) is 5.26 Å². The summed E-state index contributed by atoms with van der Waals surface area (Å²) >= 11 is 7.40. The Morgan fingerprint density at radius 3 is 2.60 bits per heavy atom. The molecule has 35 heavy (non-hydrogen) atoms. The molecule has 0 saturated heterocycles. The van der Waals surface area contributed by atoms with Crippen molar-refractivity contribution < 1.29 is 9.59 Å². The van der Waals surface area contributed by atoms with Gasteiger partial charge in [0.15, 0.2) is 5.78 Å². The van der Waals surface area contributed by atoms with Gasteiger partial charge in [-0.05, 0) is 60.6 Å². The fourth-order valence-electron chi connectivity index (χ4n) is 4.67. The number of hydrogen-bond acceptors (Lipinski definition) is 5. The minimum absolute atomic E-state index is 0.0492. The third-order valence-corrected chi connectivity index (χ3v) is 7.61. The van der Waals surface area contributed by atoms with Crippen LogP contribution in [0, 0.1) is 30.6 Å². The third-order valence-electron chi connectivity index (χ3n) is 6.34. The number of halogens is 1. The van der Waals surface area contributed by atoms with Crippen LogP contribution in [-0.2, 0) is 9.59 Å². The minimum atomic E-state index is -0.485. The summed E-state index contributed by atoms with van der Waals surface area (Å²) in [7, 11) is 0. The van der Waals surface area contributed by atoms with E-state index < -0.39 is 5.92 Å². The van der Waals surface area contributed by atoms with Gasteiger partial charge < -0.3 is 10.6 Å². The summed E-state index contributed by atoms with van der Waals surface area (Å²) in [5.74, 6) is -0.457. The summed E-state index contributed by atoms with van der Waals surface area (Å²) in [6.07, 6.45) is 1.12. The van der Waals surface area contributed by atoms with E-state index in [2.05, 4.69) is 30.6 Å². The first-order valence-corrected chi connectivity index (χ1v) is 12.9. The summed E-state index contributed by atoms with van der Waals surface area (Å²) in [6.45, 7) is 8.08. The number of rotatable bonds is 5. The van der Waals surface area contributed by atoms with Crippen molar-refractivity contribution in [3.05, 3.63) is 86.0 Å². The SMILES string of the molecule is Cc1ccc(C)c(NC(=O)CSC2=C(C#N)[C@@H](c3ccc(Cl)cc3)C3=C(CC(C)(C)CC3=O)N2)c1. The van der Waals surface area contributed by atoms with Crippen molar-refractivity contribution in [3.8, 4) is 6.07 Å². The van der Waals surface area contributed by atoms with E-state index in [1.165, 1.54) is 11.8 Å². The summed E-state index contributed by atoms with van der Waals surface area (Å²) in [6, 6.07) is 15.5. The number of Topliss-reactive ketones (excluding diaryl/α,β-unsaturated/α-hetero) is 1. The number of allylic oxidation sites excluding steroid dienone is 3. The number of ketones is 1. The van der Waals surface area contributed by atoms with Crippen molar-refractivity contribution in [2.45, 2.75) is 46.5 Å². The first kappa shape index (κ1) is 25.1. The number of nitriles is 1. The van der Waals surface area contributed by atoms with Gasteiger partial charge in [-0.25, -0.2) is 0 Å². The predicted molar refractivity (Wildman–Crippen MR) is 142 cm³/mol. The van der Waals surface area contributed by atoms with E-state index in [9.17, 15) is 14.9 Å². The van der Waals surface area contributed by atoms with E-state index in [1.807, 2.05) is 44.2 Å². The van der Waals surface area contributed by atoms with Crippen molar-refractivity contribution in [3.63, 3.8) is 0 Å². The molecule has 0 radical (unpaired) electrons. The third kappa shape index (κ3) is 5.47. The lowest BCUT2D eigenvalue weighted by atomic mass is 9.69. The first-order valence-electron chi connectivity index (χ1n) is 11.5. The van der Waals surface area contributed by atoms with Crippen LogP contribution < -0.4 is 10.6 Å². The number of nitrogens with one attached hydrogen (secondary N) is 2. The zero-order chi connectivity index (χ0) is 25.3. The number of benzene rings is 2. The Bertz CT molecular complexity index is 1300. The Hall–Kier alpha value is -3.01. The van der Waals surface area contributed by atoms with Crippen LogP contribution in [0.2, 0.25) is 5.02 Å². The smallest absolute Gasteiger partial charge is 0.234 e. The molecule has 2 aromatic carbocycles. The van der Waals surface area contributed by atoms with Crippen LogP contribution in [0.1, 0.15) is 49.3 Å². The number of carbonyl (C=O) groups excluding carboxylic acids is 2. The lowest BCUT2D eigenvalue weighted by Crippen LogP contribution is -2.37. The molecule has 0 unspecified atom stereocenters. The molecule has 1 aliphatic carbocycles. The first-order chi connectivity index (χ1) is 16.6. The van der Waals surface area contributed by atoms with E-state index >= 15 is 0 Å². The molecule has 0 aromatic heterocycles. The number of dihydropyridines is 1. The summed E-state index contributed by atoms with van der Waals surface area (Å²) < 4.78 is 0. The van der Waals surface area contributed by atoms with Crippen LogP contribution in [-0.4, -0.2) is 17.4 Å². The molecule has 1 aliphatic heterocycles. The standard InChI is InChI=1S/C28H28ClN3O2S/c1-16-5-6-17(2)21(11-16)31-24(34)15-35-27-20(14-30)25(18-7-9-19(29)10-8-18)26-22(32-27)12-28(3,4)13-23(26)33/h5-11,25,32H,12-13,15H2,1-4H3,(H,31,34)/t25-/m1/s1. The predicted octanol–water partition coefficient (Wildman–Crippen LogP) is 6.39. The lowest BCUT2D eigenvalue weighted by molar-refractivity contribution is -0.118. The van der Waals surface area contributed by atoms with E-state index in [0.717, 1.165) is 28.1 Å². The van der Waals surface area contributed by atoms with Gasteiger partial charge in [0.2, 0.25) is 5.91 Å². The van der Waals surface area contributed by atoms with Crippen molar-refractivity contribution in [2.24, 2.45) is 5.41 Å². The average molecular weight is 506 g/mol. The maximum Gasteiger partial charge on any atom is 0.234 e. The Morgan fingerprint density at radius 2 is 1.91 bits per heavy atom. The Kier molecular flexibility index (Phi) is 7.12. The van der Waals surface area contributed by atoms with Gasteiger partial charge in [-0.15, -0.1) is 0 Å². The van der Waals surface area contributed by atoms with Crippen molar-refractivity contribution >= 4 is 40.7 Å². The van der Waals surface area contributed by atoms with Gasteiger partial charge in [0, 0.05) is 28.4 Å². The molecule has 5 nitrogen and oxygen atoms in total. The molecule has 1 atom stereocenters. The zero-order valence-corrected chi connectivity index (χ0v) is 21.9. The van der Waals surface area contributed by atoms with Crippen LogP contribution in [0.5, 0.6) is 0 Å². The minimum Gasteiger partial charge on any atom is -0.352 e. The van der Waals surface area contributed by atoms with Gasteiger partial charge >= 0.3 is 0 Å². The molecule has 180 valence electrons. The van der Waals surface area contributed by atoms with Gasteiger partial charge in [0.25, 0.3) is 0 Å². The number of aryl methyl sites for hydroxylation is 2. The second-order valence-electron chi connectivity index (χ2n) is 9.95. The molecule has 2 aromatic rings. The molecule has 0 bridgehead atoms. The Morgan fingerprint density at radius 1 is 1.20 bits per heavy atom. The van der Waals surface area contributed by atoms with Gasteiger partial charge in [-0.1, -0.05) is 61.5 Å². The zero-order valence-electron chi connectivity index (χ0n) is 20.3. The second-order valence-corrected chi connectivity index (χ2v) is 11.4. The maximum absolute atomic E-state index is 13.3. The molecule has 4 rings (SSSR count).